The number of ether oxygens (including phenoxy) is 2. The van der Waals surface area contributed by atoms with Crippen molar-refractivity contribution in [3.8, 4) is 16.7 Å². The fourth-order valence-electron chi connectivity index (χ4n) is 4.51. The van der Waals surface area contributed by atoms with Gasteiger partial charge in [0.05, 0.1) is 10.2 Å². The van der Waals surface area contributed by atoms with Crippen LogP contribution in [0, 0.1) is 5.82 Å². The fraction of sp³-hybridized carbons (Fsp3) is 0.391. The Hall–Kier alpha value is -2.71. The molecule has 0 spiro atoms. The normalized spacial score (nSPS) is 20.9. The Balaban J connectivity index is 1.13. The number of hydrogen-bond acceptors (Lipinski definition) is 6. The van der Waals surface area contributed by atoms with E-state index in [1.54, 1.807) is 13.0 Å². The maximum atomic E-state index is 13.3. The third kappa shape index (κ3) is 4.36. The molecular formula is C23H24FN3O3S. The first-order valence-electron chi connectivity index (χ1n) is 10.5. The Labute approximate surface area is 184 Å². The molecule has 31 heavy (non-hydrogen) atoms. The van der Waals surface area contributed by atoms with Gasteiger partial charge in [0, 0.05) is 44.7 Å². The first kappa shape index (κ1) is 20.2. The van der Waals surface area contributed by atoms with E-state index >= 15 is 0 Å². The van der Waals surface area contributed by atoms with Crippen molar-refractivity contribution in [3.05, 3.63) is 48.3 Å². The van der Waals surface area contributed by atoms with Gasteiger partial charge >= 0.3 is 0 Å². The van der Waals surface area contributed by atoms with Crippen LogP contribution in [0.4, 0.5) is 4.39 Å². The van der Waals surface area contributed by atoms with Crippen molar-refractivity contribution in [3.63, 3.8) is 0 Å². The van der Waals surface area contributed by atoms with Gasteiger partial charge in [-0.1, -0.05) is 11.3 Å². The summed E-state index contributed by atoms with van der Waals surface area (Å²) in [7, 11) is 0. The van der Waals surface area contributed by atoms with E-state index in [2.05, 4.69) is 9.88 Å². The van der Waals surface area contributed by atoms with E-state index in [1.807, 2.05) is 29.2 Å². The first-order valence-corrected chi connectivity index (χ1v) is 11.3. The van der Waals surface area contributed by atoms with Gasteiger partial charge in [-0.25, -0.2) is 9.37 Å². The second kappa shape index (κ2) is 8.43. The van der Waals surface area contributed by atoms with E-state index in [0.29, 0.717) is 35.2 Å². The van der Waals surface area contributed by atoms with Gasteiger partial charge in [-0.3, -0.25) is 9.69 Å². The Morgan fingerprint density at radius 1 is 1.13 bits per heavy atom. The van der Waals surface area contributed by atoms with E-state index in [0.717, 1.165) is 42.9 Å². The molecule has 2 aliphatic heterocycles. The number of aromatic nitrogens is 1. The number of benzene rings is 2. The van der Waals surface area contributed by atoms with Crippen molar-refractivity contribution >= 4 is 27.5 Å². The number of halogens is 1. The highest BCUT2D eigenvalue weighted by Gasteiger charge is 2.40. The van der Waals surface area contributed by atoms with Gasteiger partial charge in [-0.15, -0.1) is 0 Å². The van der Waals surface area contributed by atoms with Gasteiger partial charge in [-0.05, 0) is 49.2 Å². The molecule has 2 fully saturated rings. The molecule has 2 saturated heterocycles. The monoisotopic (exact) mass is 441 g/mol. The molecule has 2 aromatic carbocycles. The van der Waals surface area contributed by atoms with Crippen LogP contribution in [0.1, 0.15) is 19.8 Å². The lowest BCUT2D eigenvalue weighted by Crippen LogP contribution is -2.55. The zero-order valence-electron chi connectivity index (χ0n) is 17.3. The number of rotatable bonds is 6. The van der Waals surface area contributed by atoms with Crippen LogP contribution in [-0.2, 0) is 4.79 Å². The van der Waals surface area contributed by atoms with Crippen molar-refractivity contribution in [2.24, 2.45) is 0 Å². The Morgan fingerprint density at radius 3 is 2.55 bits per heavy atom. The van der Waals surface area contributed by atoms with E-state index in [4.69, 9.17) is 9.47 Å². The molecule has 0 aliphatic carbocycles. The van der Waals surface area contributed by atoms with Crippen LogP contribution in [-0.4, -0.2) is 59.0 Å². The van der Waals surface area contributed by atoms with Crippen molar-refractivity contribution < 1.29 is 18.7 Å². The number of thiazole rings is 1. The molecule has 0 radical (unpaired) electrons. The van der Waals surface area contributed by atoms with Crippen molar-refractivity contribution in [2.45, 2.75) is 31.8 Å². The second-order valence-corrected chi connectivity index (χ2v) is 9.05. The van der Waals surface area contributed by atoms with Crippen molar-refractivity contribution in [2.75, 3.05) is 26.2 Å². The Bertz CT molecular complexity index is 1070. The standard InChI is InChI=1S/C23H24FN3O3S/c1-15(28)26-13-17-3-4-18(14-26)27(17)10-11-29-19-5-7-20(8-6-19)30-23-25-21-12-16(24)2-9-22(21)31-23/h2,5-9,12,17-18H,3-4,10-11,13-14H2,1H3/t17-,18+. The van der Waals surface area contributed by atoms with Crippen LogP contribution in [0.2, 0.25) is 0 Å². The molecule has 0 unspecified atom stereocenters. The minimum Gasteiger partial charge on any atom is -0.492 e. The molecule has 2 atom stereocenters. The molecule has 0 N–H and O–H groups in total. The summed E-state index contributed by atoms with van der Waals surface area (Å²) in [4.78, 5) is 20.5. The lowest BCUT2D eigenvalue weighted by atomic mass is 10.2. The molecule has 1 amide bonds. The number of carbonyl (C=O) groups is 1. The highest BCUT2D eigenvalue weighted by Crippen LogP contribution is 2.32. The number of piperazine rings is 1. The SMILES string of the molecule is CC(=O)N1C[C@H]2CC[C@@H](C1)N2CCOc1ccc(Oc2nc3cc(F)ccc3s2)cc1. The lowest BCUT2D eigenvalue weighted by molar-refractivity contribution is -0.132. The molecular weight excluding hydrogens is 417 g/mol. The minimum absolute atomic E-state index is 0.174. The molecule has 0 saturated carbocycles. The third-order valence-electron chi connectivity index (χ3n) is 6.06. The third-order valence-corrected chi connectivity index (χ3v) is 6.97. The highest BCUT2D eigenvalue weighted by molar-refractivity contribution is 7.20. The van der Waals surface area contributed by atoms with E-state index in [-0.39, 0.29) is 11.7 Å². The second-order valence-electron chi connectivity index (χ2n) is 8.06. The maximum absolute atomic E-state index is 13.3. The minimum atomic E-state index is -0.306. The van der Waals surface area contributed by atoms with Gasteiger partial charge in [0.2, 0.25) is 5.91 Å². The van der Waals surface area contributed by atoms with E-state index in [9.17, 15) is 9.18 Å². The van der Waals surface area contributed by atoms with Gasteiger partial charge in [0.15, 0.2) is 0 Å². The van der Waals surface area contributed by atoms with Crippen LogP contribution in [0.5, 0.6) is 16.7 Å². The number of nitrogens with zero attached hydrogens (tertiary/aromatic N) is 3. The number of fused-ring (bicyclic) bond motifs is 3. The fourth-order valence-corrected chi connectivity index (χ4v) is 5.32. The number of likely N-dealkylation sites (tertiary alicyclic amines) is 1. The molecule has 6 nitrogen and oxygen atoms in total. The van der Waals surface area contributed by atoms with Gasteiger partial charge in [0.25, 0.3) is 5.19 Å². The maximum Gasteiger partial charge on any atom is 0.279 e. The van der Waals surface area contributed by atoms with Gasteiger partial charge in [-0.2, -0.15) is 0 Å². The largest absolute Gasteiger partial charge is 0.492 e. The summed E-state index contributed by atoms with van der Waals surface area (Å²) >= 11 is 1.38. The van der Waals surface area contributed by atoms with Crippen molar-refractivity contribution in [1.29, 1.82) is 0 Å². The smallest absolute Gasteiger partial charge is 0.279 e. The molecule has 162 valence electrons. The predicted octanol–water partition coefficient (Wildman–Crippen LogP) is 4.30. The lowest BCUT2D eigenvalue weighted by Gasteiger charge is -2.40. The highest BCUT2D eigenvalue weighted by atomic mass is 32.1. The van der Waals surface area contributed by atoms with Gasteiger partial charge in [0.1, 0.15) is 23.9 Å². The molecule has 3 aromatic rings. The number of hydrogen-bond donors (Lipinski definition) is 0. The summed E-state index contributed by atoms with van der Waals surface area (Å²) in [5.41, 5.74) is 0.595. The quantitative estimate of drug-likeness (QED) is 0.571. The summed E-state index contributed by atoms with van der Waals surface area (Å²) < 4.78 is 26.0. The molecule has 1 aromatic heterocycles. The summed E-state index contributed by atoms with van der Waals surface area (Å²) in [6, 6.07) is 12.9. The molecule has 3 heterocycles. The van der Waals surface area contributed by atoms with Crippen molar-refractivity contribution in [1.82, 2.24) is 14.8 Å². The average molecular weight is 442 g/mol. The summed E-state index contributed by atoms with van der Waals surface area (Å²) in [5.74, 6) is 1.31. The van der Waals surface area contributed by atoms with Crippen LogP contribution in [0.3, 0.4) is 0 Å². The average Bonchev–Trinajstić information content (AvgIpc) is 3.24. The first-order chi connectivity index (χ1) is 15.0. The molecule has 2 aliphatic rings. The molecule has 8 heteroatoms. The van der Waals surface area contributed by atoms with E-state index in [1.165, 1.54) is 23.5 Å². The summed E-state index contributed by atoms with van der Waals surface area (Å²) in [6.45, 7) is 4.78. The van der Waals surface area contributed by atoms with Gasteiger partial charge < -0.3 is 14.4 Å². The Morgan fingerprint density at radius 2 is 1.84 bits per heavy atom. The summed E-state index contributed by atoms with van der Waals surface area (Å²) in [6.07, 6.45) is 2.30. The van der Waals surface area contributed by atoms with Crippen LogP contribution in [0.15, 0.2) is 42.5 Å². The summed E-state index contributed by atoms with van der Waals surface area (Å²) in [5, 5.41) is 0.481. The number of amides is 1. The zero-order chi connectivity index (χ0) is 21.4. The van der Waals surface area contributed by atoms with Crippen LogP contribution >= 0.6 is 11.3 Å². The molecule has 5 rings (SSSR count). The van der Waals surface area contributed by atoms with E-state index < -0.39 is 0 Å². The topological polar surface area (TPSA) is 54.9 Å². The van der Waals surface area contributed by atoms with Crippen LogP contribution in [0.25, 0.3) is 10.2 Å². The Kier molecular flexibility index (Phi) is 5.50. The predicted molar refractivity (Wildman–Crippen MR) is 117 cm³/mol. The number of carbonyl (C=O) groups excluding carboxylic acids is 1. The van der Waals surface area contributed by atoms with Crippen LogP contribution < -0.4 is 9.47 Å². The zero-order valence-corrected chi connectivity index (χ0v) is 18.1. The molecule has 2 bridgehead atoms.